The van der Waals surface area contributed by atoms with Crippen LogP contribution < -0.4 is 16.4 Å². The predicted octanol–water partition coefficient (Wildman–Crippen LogP) is 1.98. The molecule has 1 aliphatic carbocycles. The molecule has 1 heterocycles. The van der Waals surface area contributed by atoms with Gasteiger partial charge in [-0.2, -0.15) is 0 Å². The standard InChI is InChI=1S/C13H23N5/c1-2-7-15-12-8-13(17-9-16-12)18-11-5-3-10(14)4-6-11/h8-11H,2-7,14H2,1H3,(H2,15,16,17,18). The van der Waals surface area contributed by atoms with Gasteiger partial charge in [-0.25, -0.2) is 9.97 Å². The van der Waals surface area contributed by atoms with E-state index < -0.39 is 0 Å². The van der Waals surface area contributed by atoms with E-state index >= 15 is 0 Å². The number of anilines is 2. The van der Waals surface area contributed by atoms with Gasteiger partial charge in [0.05, 0.1) is 0 Å². The van der Waals surface area contributed by atoms with Crippen molar-refractivity contribution in [3.63, 3.8) is 0 Å². The highest BCUT2D eigenvalue weighted by Crippen LogP contribution is 2.20. The van der Waals surface area contributed by atoms with Crippen LogP contribution in [0.4, 0.5) is 11.6 Å². The van der Waals surface area contributed by atoms with E-state index in [9.17, 15) is 0 Å². The van der Waals surface area contributed by atoms with Crippen molar-refractivity contribution in [2.75, 3.05) is 17.2 Å². The largest absolute Gasteiger partial charge is 0.370 e. The lowest BCUT2D eigenvalue weighted by Gasteiger charge is -2.27. The van der Waals surface area contributed by atoms with Gasteiger partial charge in [-0.05, 0) is 32.1 Å². The van der Waals surface area contributed by atoms with E-state index in [1.165, 1.54) is 0 Å². The van der Waals surface area contributed by atoms with E-state index in [0.717, 1.165) is 50.3 Å². The van der Waals surface area contributed by atoms with Gasteiger partial charge in [0.25, 0.3) is 0 Å². The topological polar surface area (TPSA) is 75.9 Å². The first-order valence-electron chi connectivity index (χ1n) is 6.86. The first-order chi connectivity index (χ1) is 8.78. The van der Waals surface area contributed by atoms with E-state index in [2.05, 4.69) is 27.5 Å². The Kier molecular flexibility index (Phi) is 4.75. The quantitative estimate of drug-likeness (QED) is 0.744. The Morgan fingerprint density at radius 2 is 1.94 bits per heavy atom. The molecule has 0 saturated heterocycles. The summed E-state index contributed by atoms with van der Waals surface area (Å²) >= 11 is 0. The highest BCUT2D eigenvalue weighted by atomic mass is 15.1. The summed E-state index contributed by atoms with van der Waals surface area (Å²) in [5, 5.41) is 6.74. The van der Waals surface area contributed by atoms with Gasteiger partial charge in [-0.3, -0.25) is 0 Å². The number of hydrogen-bond donors (Lipinski definition) is 3. The monoisotopic (exact) mass is 249 g/mol. The van der Waals surface area contributed by atoms with E-state index in [0.29, 0.717) is 12.1 Å². The van der Waals surface area contributed by atoms with Crippen LogP contribution in [0.5, 0.6) is 0 Å². The minimum Gasteiger partial charge on any atom is -0.370 e. The molecular formula is C13H23N5. The molecule has 1 fully saturated rings. The van der Waals surface area contributed by atoms with E-state index in [-0.39, 0.29) is 0 Å². The number of nitrogens with two attached hydrogens (primary N) is 1. The van der Waals surface area contributed by atoms with Crippen LogP contribution in [-0.2, 0) is 0 Å². The van der Waals surface area contributed by atoms with Crippen molar-refractivity contribution in [3.05, 3.63) is 12.4 Å². The van der Waals surface area contributed by atoms with Crippen LogP contribution >= 0.6 is 0 Å². The third kappa shape index (κ3) is 3.84. The lowest BCUT2D eigenvalue weighted by atomic mass is 9.92. The zero-order valence-corrected chi connectivity index (χ0v) is 11.0. The molecule has 0 atom stereocenters. The smallest absolute Gasteiger partial charge is 0.131 e. The summed E-state index contributed by atoms with van der Waals surface area (Å²) in [7, 11) is 0. The molecule has 4 N–H and O–H groups in total. The molecule has 2 rings (SSSR count). The molecule has 0 radical (unpaired) electrons. The molecule has 5 heteroatoms. The lowest BCUT2D eigenvalue weighted by molar-refractivity contribution is 0.410. The van der Waals surface area contributed by atoms with Crippen LogP contribution in [-0.4, -0.2) is 28.6 Å². The Morgan fingerprint density at radius 3 is 2.67 bits per heavy atom. The highest BCUT2D eigenvalue weighted by Gasteiger charge is 2.18. The van der Waals surface area contributed by atoms with Gasteiger partial charge >= 0.3 is 0 Å². The van der Waals surface area contributed by atoms with Gasteiger partial charge in [-0.15, -0.1) is 0 Å². The molecule has 0 unspecified atom stereocenters. The molecule has 0 aliphatic heterocycles. The maximum Gasteiger partial charge on any atom is 0.131 e. The Bertz CT molecular complexity index is 360. The van der Waals surface area contributed by atoms with E-state index in [1.54, 1.807) is 6.33 Å². The van der Waals surface area contributed by atoms with E-state index in [1.807, 2.05) is 6.07 Å². The number of rotatable bonds is 5. The van der Waals surface area contributed by atoms with Crippen molar-refractivity contribution >= 4 is 11.6 Å². The normalized spacial score (nSPS) is 23.7. The fraction of sp³-hybridized carbons (Fsp3) is 0.692. The van der Waals surface area contributed by atoms with E-state index in [4.69, 9.17) is 5.73 Å². The highest BCUT2D eigenvalue weighted by molar-refractivity contribution is 5.46. The van der Waals surface area contributed by atoms with Gasteiger partial charge in [-0.1, -0.05) is 6.92 Å². The summed E-state index contributed by atoms with van der Waals surface area (Å²) < 4.78 is 0. The zero-order chi connectivity index (χ0) is 12.8. The van der Waals surface area contributed by atoms with Crippen LogP contribution in [0.3, 0.4) is 0 Å². The molecule has 0 amide bonds. The number of aromatic nitrogens is 2. The van der Waals surface area contributed by atoms with Gasteiger partial charge < -0.3 is 16.4 Å². The average molecular weight is 249 g/mol. The Morgan fingerprint density at radius 1 is 1.22 bits per heavy atom. The van der Waals surface area contributed by atoms with Crippen molar-refractivity contribution in [1.29, 1.82) is 0 Å². The number of nitrogens with one attached hydrogen (secondary N) is 2. The Hall–Kier alpha value is -1.36. The van der Waals surface area contributed by atoms with Gasteiger partial charge in [0, 0.05) is 24.7 Å². The second-order valence-corrected chi connectivity index (χ2v) is 4.97. The molecule has 1 aromatic rings. The third-order valence-electron chi connectivity index (χ3n) is 3.35. The van der Waals surface area contributed by atoms with Crippen molar-refractivity contribution in [3.8, 4) is 0 Å². The molecule has 5 nitrogen and oxygen atoms in total. The summed E-state index contributed by atoms with van der Waals surface area (Å²) in [5.74, 6) is 1.80. The molecular weight excluding hydrogens is 226 g/mol. The fourth-order valence-corrected chi connectivity index (χ4v) is 2.26. The maximum atomic E-state index is 5.91. The van der Waals surface area contributed by atoms with Crippen LogP contribution in [0.15, 0.2) is 12.4 Å². The molecule has 0 spiro atoms. The lowest BCUT2D eigenvalue weighted by Crippen LogP contribution is -2.33. The number of nitrogens with zero attached hydrogens (tertiary/aromatic N) is 2. The van der Waals surface area contributed by atoms with Gasteiger partial charge in [0.1, 0.15) is 18.0 Å². The first kappa shape index (κ1) is 13.1. The number of hydrogen-bond acceptors (Lipinski definition) is 5. The fourth-order valence-electron chi connectivity index (χ4n) is 2.26. The molecule has 100 valence electrons. The Labute approximate surface area is 109 Å². The summed E-state index contributed by atoms with van der Waals surface area (Å²) in [5.41, 5.74) is 5.91. The summed E-state index contributed by atoms with van der Waals surface area (Å²) in [6.45, 7) is 3.08. The first-order valence-corrected chi connectivity index (χ1v) is 6.86. The molecule has 1 aliphatic rings. The Balaban J connectivity index is 1.88. The molecule has 0 aromatic carbocycles. The van der Waals surface area contributed by atoms with Crippen molar-refractivity contribution < 1.29 is 0 Å². The van der Waals surface area contributed by atoms with Gasteiger partial charge in [0.15, 0.2) is 0 Å². The van der Waals surface area contributed by atoms with Crippen LogP contribution in [0.1, 0.15) is 39.0 Å². The second-order valence-electron chi connectivity index (χ2n) is 4.97. The third-order valence-corrected chi connectivity index (χ3v) is 3.35. The minimum absolute atomic E-state index is 0.384. The van der Waals surface area contributed by atoms with Crippen molar-refractivity contribution in [2.45, 2.75) is 51.1 Å². The van der Waals surface area contributed by atoms with Crippen molar-refractivity contribution in [2.24, 2.45) is 5.73 Å². The predicted molar refractivity (Wildman–Crippen MR) is 74.7 cm³/mol. The maximum absolute atomic E-state index is 5.91. The molecule has 1 saturated carbocycles. The average Bonchev–Trinajstić information content (AvgIpc) is 2.40. The van der Waals surface area contributed by atoms with Crippen LogP contribution in [0.25, 0.3) is 0 Å². The second kappa shape index (κ2) is 6.54. The SMILES string of the molecule is CCCNc1cc(NC2CCC(N)CC2)ncn1. The van der Waals surface area contributed by atoms with Crippen molar-refractivity contribution in [1.82, 2.24) is 9.97 Å². The van der Waals surface area contributed by atoms with Crippen LogP contribution in [0, 0.1) is 0 Å². The molecule has 0 bridgehead atoms. The summed E-state index contributed by atoms with van der Waals surface area (Å²) in [6, 6.07) is 2.86. The summed E-state index contributed by atoms with van der Waals surface area (Å²) in [4.78, 5) is 8.47. The van der Waals surface area contributed by atoms with Crippen LogP contribution in [0.2, 0.25) is 0 Å². The summed E-state index contributed by atoms with van der Waals surface area (Å²) in [6.07, 6.45) is 7.15. The molecule has 18 heavy (non-hydrogen) atoms. The zero-order valence-electron chi connectivity index (χ0n) is 11.0. The minimum atomic E-state index is 0.384. The molecule has 1 aromatic heterocycles. The van der Waals surface area contributed by atoms with Gasteiger partial charge in [0.2, 0.25) is 0 Å².